The number of benzene rings is 3. The van der Waals surface area contributed by atoms with E-state index in [9.17, 15) is 9.59 Å². The third-order valence-corrected chi connectivity index (χ3v) is 5.05. The van der Waals surface area contributed by atoms with Gasteiger partial charge in [0.2, 0.25) is 0 Å². The van der Waals surface area contributed by atoms with Gasteiger partial charge in [0.15, 0.2) is 0 Å². The zero-order chi connectivity index (χ0) is 23.8. The second kappa shape index (κ2) is 11.0. The molecule has 1 aromatic heterocycles. The maximum Gasteiger partial charge on any atom is 0.257 e. The predicted octanol–water partition coefficient (Wildman–Crippen LogP) is 5.51. The summed E-state index contributed by atoms with van der Waals surface area (Å²) in [5.74, 6) is 0.751. The number of amides is 2. The van der Waals surface area contributed by atoms with Crippen molar-refractivity contribution in [3.63, 3.8) is 0 Å². The fourth-order valence-corrected chi connectivity index (χ4v) is 3.33. The van der Waals surface area contributed by atoms with Gasteiger partial charge in [-0.15, -0.1) is 0 Å². The molecule has 0 atom stereocenters. The molecule has 4 aromatic rings. The third-order valence-electron chi connectivity index (χ3n) is 5.05. The normalized spacial score (nSPS) is 10.5. The van der Waals surface area contributed by atoms with Gasteiger partial charge >= 0.3 is 0 Å². The molecule has 0 spiro atoms. The molecule has 0 radical (unpaired) electrons. The lowest BCUT2D eigenvalue weighted by Crippen LogP contribution is -2.18. The van der Waals surface area contributed by atoms with Crippen molar-refractivity contribution >= 4 is 23.2 Å². The zero-order valence-electron chi connectivity index (χ0n) is 18.6. The van der Waals surface area contributed by atoms with Crippen molar-refractivity contribution in [1.82, 2.24) is 0 Å². The van der Waals surface area contributed by atoms with Gasteiger partial charge in [0.1, 0.15) is 18.1 Å². The molecule has 34 heavy (non-hydrogen) atoms. The molecule has 0 unspecified atom stereocenters. The smallest absolute Gasteiger partial charge is 0.257 e. The highest BCUT2D eigenvalue weighted by Gasteiger charge is 2.15. The minimum absolute atomic E-state index is 0.321. The van der Waals surface area contributed by atoms with Gasteiger partial charge in [-0.05, 0) is 66.2 Å². The van der Waals surface area contributed by atoms with Crippen molar-refractivity contribution in [2.45, 2.75) is 13.2 Å². The highest BCUT2D eigenvalue weighted by atomic mass is 16.5. The van der Waals surface area contributed by atoms with Crippen LogP contribution < -0.4 is 15.4 Å². The van der Waals surface area contributed by atoms with Gasteiger partial charge in [0.05, 0.1) is 31.2 Å². The van der Waals surface area contributed by atoms with E-state index in [1.165, 1.54) is 0 Å². The fourth-order valence-electron chi connectivity index (χ4n) is 3.33. The summed E-state index contributed by atoms with van der Waals surface area (Å²) in [4.78, 5) is 25.7. The molecular formula is C27H24N2O5. The molecule has 0 saturated heterocycles. The van der Waals surface area contributed by atoms with Crippen LogP contribution in [0.3, 0.4) is 0 Å². The van der Waals surface area contributed by atoms with Gasteiger partial charge in [-0.1, -0.05) is 24.3 Å². The monoisotopic (exact) mass is 456 g/mol. The minimum Gasteiger partial charge on any atom is -0.497 e. The topological polar surface area (TPSA) is 89.8 Å². The minimum atomic E-state index is -0.334. The van der Waals surface area contributed by atoms with Crippen LogP contribution in [0.5, 0.6) is 5.75 Å². The molecule has 0 fully saturated rings. The Morgan fingerprint density at radius 3 is 2.41 bits per heavy atom. The molecule has 2 amide bonds. The van der Waals surface area contributed by atoms with E-state index in [4.69, 9.17) is 13.9 Å². The van der Waals surface area contributed by atoms with Crippen LogP contribution in [0.2, 0.25) is 0 Å². The Hall–Kier alpha value is -4.36. The van der Waals surface area contributed by atoms with Crippen molar-refractivity contribution < 1.29 is 23.5 Å². The standard InChI is InChI=1S/C27H24N2O5/c1-32-22-13-11-20(12-14-22)26(30)29-25-10-3-2-9-24(25)27(31)28-21-7-4-6-19(16-21)17-33-18-23-8-5-15-34-23/h2-16H,17-18H2,1H3,(H,28,31)(H,29,30). The molecule has 4 rings (SSSR count). The number of ether oxygens (including phenoxy) is 2. The van der Waals surface area contributed by atoms with E-state index in [0.29, 0.717) is 41.5 Å². The molecule has 0 saturated carbocycles. The van der Waals surface area contributed by atoms with E-state index in [1.54, 1.807) is 68.0 Å². The highest BCUT2D eigenvalue weighted by Crippen LogP contribution is 2.20. The summed E-state index contributed by atoms with van der Waals surface area (Å²) in [5, 5.41) is 5.70. The first kappa shape index (κ1) is 22.8. The predicted molar refractivity (Wildman–Crippen MR) is 129 cm³/mol. The fraction of sp³-hybridized carbons (Fsp3) is 0.111. The highest BCUT2D eigenvalue weighted by molar-refractivity contribution is 6.12. The maximum atomic E-state index is 13.0. The Balaban J connectivity index is 1.41. The number of para-hydroxylation sites is 1. The van der Waals surface area contributed by atoms with E-state index in [2.05, 4.69) is 10.6 Å². The van der Waals surface area contributed by atoms with Crippen LogP contribution in [0.15, 0.2) is 95.6 Å². The number of carbonyl (C=O) groups excluding carboxylic acids is 2. The summed E-state index contributed by atoms with van der Waals surface area (Å²) in [6, 6.07) is 24.7. The van der Waals surface area contributed by atoms with Gasteiger partial charge in [-0.25, -0.2) is 0 Å². The largest absolute Gasteiger partial charge is 0.497 e. The van der Waals surface area contributed by atoms with Crippen molar-refractivity contribution in [3.05, 3.63) is 114 Å². The van der Waals surface area contributed by atoms with E-state index in [1.807, 2.05) is 30.3 Å². The first-order chi connectivity index (χ1) is 16.6. The molecule has 0 aliphatic rings. The molecule has 1 heterocycles. The lowest BCUT2D eigenvalue weighted by molar-refractivity contribution is 0.0929. The number of hydrogen-bond donors (Lipinski definition) is 2. The van der Waals surface area contributed by atoms with Crippen LogP contribution in [0, 0.1) is 0 Å². The number of methoxy groups -OCH3 is 1. The Kier molecular flexibility index (Phi) is 7.37. The van der Waals surface area contributed by atoms with Crippen LogP contribution >= 0.6 is 0 Å². The summed E-state index contributed by atoms with van der Waals surface area (Å²) in [6.07, 6.45) is 1.60. The van der Waals surface area contributed by atoms with Gasteiger partial charge in [0.25, 0.3) is 11.8 Å². The van der Waals surface area contributed by atoms with Crippen molar-refractivity contribution in [1.29, 1.82) is 0 Å². The molecule has 3 aromatic carbocycles. The van der Waals surface area contributed by atoms with Crippen molar-refractivity contribution in [3.8, 4) is 5.75 Å². The zero-order valence-corrected chi connectivity index (χ0v) is 18.6. The summed E-state index contributed by atoms with van der Waals surface area (Å²) >= 11 is 0. The van der Waals surface area contributed by atoms with E-state index in [0.717, 1.165) is 11.3 Å². The summed E-state index contributed by atoms with van der Waals surface area (Å²) in [6.45, 7) is 0.740. The lowest BCUT2D eigenvalue weighted by atomic mass is 10.1. The molecule has 7 nitrogen and oxygen atoms in total. The second-order valence-corrected chi connectivity index (χ2v) is 7.45. The van der Waals surface area contributed by atoms with Gasteiger partial charge < -0.3 is 24.5 Å². The number of hydrogen-bond acceptors (Lipinski definition) is 5. The average Bonchev–Trinajstić information content (AvgIpc) is 3.38. The number of anilines is 2. The first-order valence-electron chi connectivity index (χ1n) is 10.7. The number of rotatable bonds is 9. The maximum absolute atomic E-state index is 13.0. The SMILES string of the molecule is COc1ccc(C(=O)Nc2ccccc2C(=O)Nc2cccc(COCc3ccco3)c2)cc1. The summed E-state index contributed by atoms with van der Waals surface area (Å²) in [7, 11) is 1.56. The van der Waals surface area contributed by atoms with E-state index < -0.39 is 0 Å². The number of furan rings is 1. The Morgan fingerprint density at radius 1 is 0.824 bits per heavy atom. The van der Waals surface area contributed by atoms with Crippen LogP contribution in [-0.2, 0) is 18.0 Å². The quantitative estimate of drug-likeness (QED) is 0.347. The Morgan fingerprint density at radius 2 is 1.65 bits per heavy atom. The first-order valence-corrected chi connectivity index (χ1v) is 10.7. The van der Waals surface area contributed by atoms with E-state index >= 15 is 0 Å². The van der Waals surface area contributed by atoms with Crippen LogP contribution in [0.4, 0.5) is 11.4 Å². The molecule has 0 bridgehead atoms. The van der Waals surface area contributed by atoms with Crippen LogP contribution in [0.25, 0.3) is 0 Å². The molecule has 0 aliphatic carbocycles. The number of carbonyl (C=O) groups is 2. The average molecular weight is 456 g/mol. The lowest BCUT2D eigenvalue weighted by Gasteiger charge is -2.12. The van der Waals surface area contributed by atoms with Crippen molar-refractivity contribution in [2.24, 2.45) is 0 Å². The summed E-state index contributed by atoms with van der Waals surface area (Å²) in [5.41, 5.74) is 2.76. The molecular weight excluding hydrogens is 432 g/mol. The number of nitrogens with one attached hydrogen (secondary N) is 2. The Bertz CT molecular complexity index is 1250. The van der Waals surface area contributed by atoms with Crippen molar-refractivity contribution in [2.75, 3.05) is 17.7 Å². The molecule has 2 N–H and O–H groups in total. The molecule has 0 aliphatic heterocycles. The Labute approximate surface area is 197 Å². The van der Waals surface area contributed by atoms with E-state index in [-0.39, 0.29) is 11.8 Å². The molecule has 7 heteroatoms. The third kappa shape index (κ3) is 5.90. The summed E-state index contributed by atoms with van der Waals surface area (Å²) < 4.78 is 16.0. The van der Waals surface area contributed by atoms with Gasteiger partial charge in [0, 0.05) is 11.3 Å². The van der Waals surface area contributed by atoms with Gasteiger partial charge in [-0.3, -0.25) is 9.59 Å². The second-order valence-electron chi connectivity index (χ2n) is 7.45. The van der Waals surface area contributed by atoms with Crippen LogP contribution in [-0.4, -0.2) is 18.9 Å². The van der Waals surface area contributed by atoms with Gasteiger partial charge in [-0.2, -0.15) is 0 Å². The van der Waals surface area contributed by atoms with Crippen LogP contribution in [0.1, 0.15) is 32.0 Å². The molecule has 172 valence electrons.